The normalized spacial score (nSPS) is 20.3. The van der Waals surface area contributed by atoms with E-state index in [2.05, 4.69) is 26.3 Å². The van der Waals surface area contributed by atoms with E-state index in [4.69, 9.17) is 14.2 Å². The molecule has 230 valence electrons. The molecule has 2 aliphatic rings. The van der Waals surface area contributed by atoms with Crippen molar-refractivity contribution in [2.45, 2.75) is 51.5 Å². The summed E-state index contributed by atoms with van der Waals surface area (Å²) in [6.45, 7) is 4.92. The number of amides is 2. The van der Waals surface area contributed by atoms with E-state index in [1.54, 1.807) is 18.2 Å². The van der Waals surface area contributed by atoms with Gasteiger partial charge in [-0.25, -0.2) is 4.98 Å². The van der Waals surface area contributed by atoms with Crippen LogP contribution in [-0.4, -0.2) is 77.0 Å². The van der Waals surface area contributed by atoms with Crippen molar-refractivity contribution in [3.63, 3.8) is 0 Å². The number of nitrogens with one attached hydrogen (secondary N) is 2. The van der Waals surface area contributed by atoms with Crippen LogP contribution in [0.4, 0.5) is 0 Å². The quantitative estimate of drug-likeness (QED) is 0.358. The van der Waals surface area contributed by atoms with E-state index in [0.29, 0.717) is 43.4 Å². The Balaban J connectivity index is 1.25. The number of pyridine rings is 1. The summed E-state index contributed by atoms with van der Waals surface area (Å²) in [6.07, 6.45) is 5.10. The summed E-state index contributed by atoms with van der Waals surface area (Å²) >= 11 is 0. The number of rotatable bonds is 4. The number of likely N-dealkylation sites (tertiary alicyclic amines) is 1. The van der Waals surface area contributed by atoms with Gasteiger partial charge in [-0.3, -0.25) is 14.5 Å². The molecule has 1 fully saturated rings. The number of piperidine rings is 1. The highest BCUT2D eigenvalue weighted by Crippen LogP contribution is 2.33. The van der Waals surface area contributed by atoms with Crippen molar-refractivity contribution in [3.8, 4) is 17.2 Å². The third-order valence-corrected chi connectivity index (χ3v) is 8.44. The molecule has 2 aliphatic heterocycles. The molecule has 2 aromatic heterocycles. The van der Waals surface area contributed by atoms with Crippen LogP contribution in [0.15, 0.2) is 67.0 Å². The number of hydrogen-bond acceptors (Lipinski definition) is 7. The van der Waals surface area contributed by atoms with E-state index < -0.39 is 0 Å². The highest BCUT2D eigenvalue weighted by Gasteiger charge is 2.32. The molecule has 4 heterocycles. The predicted octanol–water partition coefficient (Wildman–Crippen LogP) is 4.43. The molecule has 4 aromatic rings. The van der Waals surface area contributed by atoms with E-state index in [-0.39, 0.29) is 36.9 Å². The van der Waals surface area contributed by atoms with Gasteiger partial charge in [-0.1, -0.05) is 18.2 Å². The summed E-state index contributed by atoms with van der Waals surface area (Å²) in [7, 11) is 1.61. The number of fused-ring (bicyclic) bond motifs is 6. The van der Waals surface area contributed by atoms with Crippen molar-refractivity contribution in [2.24, 2.45) is 0 Å². The molecule has 2 amide bonds. The second kappa shape index (κ2) is 13.5. The number of aromatic amines is 1. The van der Waals surface area contributed by atoms with Gasteiger partial charge < -0.3 is 29.4 Å². The van der Waals surface area contributed by atoms with Gasteiger partial charge in [0, 0.05) is 50.4 Å². The summed E-state index contributed by atoms with van der Waals surface area (Å²) in [6, 6.07) is 17.4. The maximum Gasteiger partial charge on any atom is 0.239 e. The predicted molar refractivity (Wildman–Crippen MR) is 167 cm³/mol. The molecule has 0 unspecified atom stereocenters. The van der Waals surface area contributed by atoms with Gasteiger partial charge in [0.05, 0.1) is 32.4 Å². The van der Waals surface area contributed by atoms with E-state index >= 15 is 0 Å². The van der Waals surface area contributed by atoms with Gasteiger partial charge in [-0.05, 0) is 72.9 Å². The summed E-state index contributed by atoms with van der Waals surface area (Å²) in [4.78, 5) is 38.1. The largest absolute Gasteiger partial charge is 0.493 e. The molecule has 0 aliphatic carbocycles. The Kier molecular flexibility index (Phi) is 9.09. The molecule has 10 heteroatoms. The van der Waals surface area contributed by atoms with Crippen LogP contribution in [0.25, 0.3) is 11.0 Å². The third-order valence-electron chi connectivity index (χ3n) is 8.44. The highest BCUT2D eigenvalue weighted by atomic mass is 16.5. The molecule has 44 heavy (non-hydrogen) atoms. The number of nitrogens with zero attached hydrogens (tertiary/aromatic N) is 3. The van der Waals surface area contributed by atoms with E-state index in [0.717, 1.165) is 41.7 Å². The highest BCUT2D eigenvalue weighted by molar-refractivity contribution is 5.85. The van der Waals surface area contributed by atoms with Crippen LogP contribution in [0.1, 0.15) is 36.5 Å². The number of ether oxygens (including phenoxy) is 3. The van der Waals surface area contributed by atoms with Gasteiger partial charge in [0.1, 0.15) is 11.4 Å². The molecule has 0 saturated carbocycles. The molecule has 0 radical (unpaired) electrons. The zero-order valence-corrected chi connectivity index (χ0v) is 25.3. The second-order valence-corrected chi connectivity index (χ2v) is 11.4. The zero-order chi connectivity index (χ0) is 30.5. The standard InChI is InChI=1S/C34H39N5O5/c1-3-39-21-32(40)37-28-13-15-38(19-25-18-36-34-27(25)8-5-14-35-34)20-31(28)43-22-24-6-4-7-26(16-24)44-30-17-23(10-12-33(39)41)9-11-29(30)42-2/h4-9,11,14,16-18,28,31H,3,10,12-13,15,19-22H2,1-2H3,(H,35,36)(H,37,40)/t28-,31-/m0/s1. The van der Waals surface area contributed by atoms with Crippen molar-refractivity contribution < 1.29 is 23.8 Å². The summed E-state index contributed by atoms with van der Waals surface area (Å²) in [5.41, 5.74) is 3.97. The van der Waals surface area contributed by atoms with Gasteiger partial charge in [-0.15, -0.1) is 0 Å². The van der Waals surface area contributed by atoms with Crippen molar-refractivity contribution in [1.82, 2.24) is 25.1 Å². The Morgan fingerprint density at radius 1 is 1.07 bits per heavy atom. The van der Waals surface area contributed by atoms with Gasteiger partial charge in [0.25, 0.3) is 0 Å². The van der Waals surface area contributed by atoms with Crippen molar-refractivity contribution in [3.05, 3.63) is 83.7 Å². The summed E-state index contributed by atoms with van der Waals surface area (Å²) < 4.78 is 18.4. The van der Waals surface area contributed by atoms with Crippen molar-refractivity contribution in [2.75, 3.05) is 33.3 Å². The van der Waals surface area contributed by atoms with Gasteiger partial charge in [0.15, 0.2) is 11.5 Å². The lowest BCUT2D eigenvalue weighted by Gasteiger charge is -2.39. The first kappa shape index (κ1) is 29.7. The maximum absolute atomic E-state index is 13.3. The number of carbonyl (C=O) groups is 2. The average molecular weight is 598 g/mol. The van der Waals surface area contributed by atoms with Gasteiger partial charge in [-0.2, -0.15) is 0 Å². The first-order valence-electron chi connectivity index (χ1n) is 15.2. The van der Waals surface area contributed by atoms with E-state index in [9.17, 15) is 9.59 Å². The van der Waals surface area contributed by atoms with Crippen LogP contribution in [0, 0.1) is 0 Å². The first-order chi connectivity index (χ1) is 21.5. The third kappa shape index (κ3) is 6.87. The molecular formula is C34H39N5O5. The molecule has 1 saturated heterocycles. The average Bonchev–Trinajstić information content (AvgIpc) is 3.45. The fourth-order valence-corrected chi connectivity index (χ4v) is 6.04. The van der Waals surface area contributed by atoms with Crippen molar-refractivity contribution in [1.29, 1.82) is 0 Å². The fourth-order valence-electron chi connectivity index (χ4n) is 6.04. The lowest BCUT2D eigenvalue weighted by molar-refractivity contribution is -0.136. The van der Waals surface area contributed by atoms with Crippen LogP contribution in [0.5, 0.6) is 17.2 Å². The topological polar surface area (TPSA) is 109 Å². The van der Waals surface area contributed by atoms with Crippen LogP contribution < -0.4 is 14.8 Å². The number of H-pyrrole nitrogens is 1. The number of aromatic nitrogens is 2. The lowest BCUT2D eigenvalue weighted by Crippen LogP contribution is -2.56. The van der Waals surface area contributed by atoms with Crippen molar-refractivity contribution >= 4 is 22.8 Å². The van der Waals surface area contributed by atoms with Gasteiger partial charge >= 0.3 is 0 Å². The Morgan fingerprint density at radius 3 is 2.84 bits per heavy atom. The number of aryl methyl sites for hydroxylation is 1. The Morgan fingerprint density at radius 2 is 1.98 bits per heavy atom. The first-order valence-corrected chi connectivity index (χ1v) is 15.2. The Labute approximate surface area is 257 Å². The minimum absolute atomic E-state index is 0.0175. The molecule has 0 spiro atoms. The molecule has 10 nitrogen and oxygen atoms in total. The molecule has 2 N–H and O–H groups in total. The summed E-state index contributed by atoms with van der Waals surface area (Å²) in [5.74, 6) is 1.63. The number of carbonyl (C=O) groups excluding carboxylic acids is 2. The SMILES string of the molecule is CCN1CC(=O)N[C@H]2CCN(Cc3c[nH]c4ncccc34)C[C@@H]2OCc2cccc(c2)Oc2cc(ccc2OC)CCC1=O. The Bertz CT molecular complexity index is 1620. The minimum atomic E-state index is -0.248. The van der Waals surface area contributed by atoms with Crippen LogP contribution >= 0.6 is 0 Å². The second-order valence-electron chi connectivity index (χ2n) is 11.4. The maximum atomic E-state index is 13.3. The van der Waals surface area contributed by atoms with E-state index in [1.165, 1.54) is 5.56 Å². The minimum Gasteiger partial charge on any atom is -0.493 e. The summed E-state index contributed by atoms with van der Waals surface area (Å²) in [5, 5.41) is 4.31. The van der Waals surface area contributed by atoms with Crippen LogP contribution in [-0.2, 0) is 33.9 Å². The molecule has 2 atom stereocenters. The molecular weight excluding hydrogens is 558 g/mol. The number of hydrogen-bond donors (Lipinski definition) is 2. The van der Waals surface area contributed by atoms with Crippen LogP contribution in [0.3, 0.4) is 0 Å². The zero-order valence-electron chi connectivity index (χ0n) is 25.3. The smallest absolute Gasteiger partial charge is 0.239 e. The molecule has 6 rings (SSSR count). The fraction of sp³-hybridized carbons (Fsp3) is 0.382. The van der Waals surface area contributed by atoms with Crippen LogP contribution in [0.2, 0.25) is 0 Å². The number of benzene rings is 2. The number of likely N-dealkylation sites (N-methyl/N-ethyl adjacent to an activating group) is 1. The van der Waals surface area contributed by atoms with E-state index in [1.807, 2.05) is 61.7 Å². The molecule has 4 bridgehead atoms. The monoisotopic (exact) mass is 597 g/mol. The Hall–Kier alpha value is -4.41. The molecule has 2 aromatic carbocycles. The van der Waals surface area contributed by atoms with Gasteiger partial charge in [0.2, 0.25) is 11.8 Å². The lowest BCUT2D eigenvalue weighted by atomic mass is 10.0. The number of methoxy groups -OCH3 is 1.